The molecule has 0 atom stereocenters. The van der Waals surface area contributed by atoms with Crippen LogP contribution in [0.5, 0.6) is 11.5 Å². The number of benzene rings is 2. The van der Waals surface area contributed by atoms with Crippen molar-refractivity contribution in [1.82, 2.24) is 24.6 Å². The van der Waals surface area contributed by atoms with Crippen molar-refractivity contribution in [3.63, 3.8) is 0 Å². The first-order chi connectivity index (χ1) is 19.2. The van der Waals surface area contributed by atoms with Crippen molar-refractivity contribution in [3.05, 3.63) is 60.6 Å². The van der Waals surface area contributed by atoms with Gasteiger partial charge in [-0.2, -0.15) is 5.10 Å². The molecule has 40 heavy (non-hydrogen) atoms. The number of ether oxygens (including phenoxy) is 2. The molecule has 12 heteroatoms. The molecule has 0 radical (unpaired) electrons. The summed E-state index contributed by atoms with van der Waals surface area (Å²) in [4.78, 5) is 23.3. The van der Waals surface area contributed by atoms with E-state index in [1.54, 1.807) is 25.4 Å². The van der Waals surface area contributed by atoms with Crippen LogP contribution < -0.4 is 20.1 Å². The van der Waals surface area contributed by atoms with Crippen LogP contribution in [0.25, 0.3) is 10.9 Å². The maximum atomic E-state index is 13.8. The number of amides is 1. The van der Waals surface area contributed by atoms with Crippen LogP contribution in [0.1, 0.15) is 20.3 Å². The number of carbonyl (C=O) groups is 1. The van der Waals surface area contributed by atoms with Gasteiger partial charge in [-0.3, -0.25) is 9.48 Å². The monoisotopic (exact) mass is 553 g/mol. The van der Waals surface area contributed by atoms with Crippen molar-refractivity contribution in [2.75, 3.05) is 44.5 Å². The number of nitrogens with zero attached hydrogens (tertiary/aromatic N) is 5. The van der Waals surface area contributed by atoms with Gasteiger partial charge in [0.25, 0.3) is 0 Å². The Kier molecular flexibility index (Phi) is 9.43. The molecule has 0 saturated heterocycles. The molecule has 4 aromatic rings. The van der Waals surface area contributed by atoms with Gasteiger partial charge < -0.3 is 25.0 Å². The molecule has 10 nitrogen and oxygen atoms in total. The third-order valence-electron chi connectivity index (χ3n) is 5.96. The highest BCUT2D eigenvalue weighted by atomic mass is 19.2. The second-order valence-electron chi connectivity index (χ2n) is 9.77. The Morgan fingerprint density at radius 2 is 1.98 bits per heavy atom. The first kappa shape index (κ1) is 28.7. The van der Waals surface area contributed by atoms with Crippen LogP contribution in [-0.4, -0.2) is 64.4 Å². The van der Waals surface area contributed by atoms with E-state index in [-0.39, 0.29) is 12.2 Å². The molecule has 0 saturated carbocycles. The van der Waals surface area contributed by atoms with Gasteiger partial charge in [-0.25, -0.2) is 18.7 Å². The molecule has 0 spiro atoms. The number of rotatable bonds is 13. The van der Waals surface area contributed by atoms with E-state index < -0.39 is 17.5 Å². The highest BCUT2D eigenvalue weighted by molar-refractivity contribution is 5.93. The van der Waals surface area contributed by atoms with Gasteiger partial charge in [0.2, 0.25) is 5.91 Å². The molecule has 0 fully saturated rings. The minimum absolute atomic E-state index is 0.204. The van der Waals surface area contributed by atoms with E-state index in [9.17, 15) is 13.6 Å². The molecule has 1 amide bonds. The summed E-state index contributed by atoms with van der Waals surface area (Å²) in [6, 6.07) is 8.85. The average Bonchev–Trinajstić information content (AvgIpc) is 3.35. The maximum absolute atomic E-state index is 13.8. The molecule has 212 valence electrons. The Labute approximate surface area is 231 Å². The van der Waals surface area contributed by atoms with Crippen molar-refractivity contribution in [2.24, 2.45) is 5.92 Å². The van der Waals surface area contributed by atoms with Crippen LogP contribution in [0.4, 0.5) is 26.1 Å². The molecule has 0 aliphatic rings. The first-order valence-corrected chi connectivity index (χ1v) is 12.9. The molecular weight excluding hydrogens is 520 g/mol. The Bertz CT molecular complexity index is 1460. The van der Waals surface area contributed by atoms with Gasteiger partial charge in [-0.05, 0) is 37.6 Å². The van der Waals surface area contributed by atoms with E-state index in [0.717, 1.165) is 25.6 Å². The lowest BCUT2D eigenvalue weighted by Crippen LogP contribution is -2.25. The van der Waals surface area contributed by atoms with Crippen LogP contribution in [0.15, 0.2) is 48.9 Å². The molecule has 2 aromatic heterocycles. The lowest BCUT2D eigenvalue weighted by molar-refractivity contribution is -0.116. The number of aromatic nitrogens is 4. The van der Waals surface area contributed by atoms with Gasteiger partial charge in [-0.1, -0.05) is 19.9 Å². The Morgan fingerprint density at radius 3 is 2.75 bits per heavy atom. The van der Waals surface area contributed by atoms with Crippen molar-refractivity contribution in [2.45, 2.75) is 26.8 Å². The lowest BCUT2D eigenvalue weighted by Gasteiger charge is -2.19. The highest BCUT2D eigenvalue weighted by Gasteiger charge is 2.15. The Balaban J connectivity index is 1.41. The first-order valence-electron chi connectivity index (χ1n) is 12.9. The maximum Gasteiger partial charge on any atom is 0.246 e. The fourth-order valence-corrected chi connectivity index (χ4v) is 4.24. The van der Waals surface area contributed by atoms with Crippen molar-refractivity contribution < 1.29 is 23.0 Å². The largest absolute Gasteiger partial charge is 0.493 e. The van der Waals surface area contributed by atoms with Gasteiger partial charge in [0.05, 0.1) is 24.9 Å². The van der Waals surface area contributed by atoms with Gasteiger partial charge in [0.1, 0.15) is 18.7 Å². The zero-order valence-electron chi connectivity index (χ0n) is 22.9. The molecule has 0 aliphatic carbocycles. The summed E-state index contributed by atoms with van der Waals surface area (Å²) in [6.07, 6.45) is 3.89. The minimum Gasteiger partial charge on any atom is -0.493 e. The standard InChI is InChI=1S/C28H33F2N7O3/c1-18(2)15-36(3)10-6-12-40-24-14-22-19(13-23(24)39-4)28(32-17-31-22)34-25-9-11-37(35-25)16-26(38)33-21-8-5-7-20(29)27(21)30/h5,7-9,11,13-14,17-18H,6,10,12,15-16H2,1-4H3,(H,33,38)(H,31,32,34,35). The molecule has 0 aliphatic heterocycles. The zero-order chi connectivity index (χ0) is 28.6. The molecular formula is C28H33F2N7O3. The number of halogens is 2. The normalized spacial score (nSPS) is 11.3. The van der Waals surface area contributed by atoms with Gasteiger partial charge >= 0.3 is 0 Å². The van der Waals surface area contributed by atoms with Gasteiger partial charge in [-0.15, -0.1) is 0 Å². The van der Waals surface area contributed by atoms with Crippen molar-refractivity contribution in [3.8, 4) is 11.5 Å². The third kappa shape index (κ3) is 7.41. The number of hydrogen-bond donors (Lipinski definition) is 2. The number of carbonyl (C=O) groups excluding carboxylic acids is 1. The van der Waals surface area contributed by atoms with E-state index in [1.807, 2.05) is 6.07 Å². The fourth-order valence-electron chi connectivity index (χ4n) is 4.24. The minimum atomic E-state index is -1.12. The van der Waals surface area contributed by atoms with E-state index in [2.05, 4.69) is 51.5 Å². The zero-order valence-corrected chi connectivity index (χ0v) is 22.9. The fraction of sp³-hybridized carbons (Fsp3) is 0.357. The molecule has 2 N–H and O–H groups in total. The summed E-state index contributed by atoms with van der Waals surface area (Å²) in [5.41, 5.74) is 0.417. The molecule has 0 bridgehead atoms. The third-order valence-corrected chi connectivity index (χ3v) is 5.96. The van der Waals surface area contributed by atoms with Crippen molar-refractivity contribution in [1.29, 1.82) is 0 Å². The lowest BCUT2D eigenvalue weighted by atomic mass is 10.2. The number of anilines is 3. The number of fused-ring (bicyclic) bond motifs is 1. The number of hydrogen-bond acceptors (Lipinski definition) is 8. The van der Waals surface area contributed by atoms with Crippen LogP contribution in [0.2, 0.25) is 0 Å². The Morgan fingerprint density at radius 1 is 1.15 bits per heavy atom. The summed E-state index contributed by atoms with van der Waals surface area (Å²) in [5.74, 6) is -0.0521. The highest BCUT2D eigenvalue weighted by Crippen LogP contribution is 2.34. The summed E-state index contributed by atoms with van der Waals surface area (Å²) < 4.78 is 40.2. The smallest absolute Gasteiger partial charge is 0.246 e. The predicted octanol–water partition coefficient (Wildman–Crippen LogP) is 4.85. The predicted molar refractivity (Wildman–Crippen MR) is 149 cm³/mol. The molecule has 4 rings (SSSR count). The van der Waals surface area contributed by atoms with E-state index in [1.165, 1.54) is 23.1 Å². The van der Waals surface area contributed by atoms with Crippen LogP contribution in [0, 0.1) is 17.6 Å². The van der Waals surface area contributed by atoms with Crippen molar-refractivity contribution >= 4 is 34.1 Å². The summed E-state index contributed by atoms with van der Waals surface area (Å²) in [5, 5.41) is 10.5. The van der Waals surface area contributed by atoms with Crippen LogP contribution in [-0.2, 0) is 11.3 Å². The average molecular weight is 554 g/mol. The molecule has 2 aromatic carbocycles. The molecule has 2 heterocycles. The summed E-state index contributed by atoms with van der Waals surface area (Å²) in [7, 11) is 3.68. The second kappa shape index (κ2) is 13.2. The number of methoxy groups -OCH3 is 1. The van der Waals surface area contributed by atoms with Gasteiger partial charge in [0, 0.05) is 36.8 Å². The van der Waals surface area contributed by atoms with E-state index in [0.29, 0.717) is 46.6 Å². The molecule has 0 unspecified atom stereocenters. The summed E-state index contributed by atoms with van der Waals surface area (Å²) >= 11 is 0. The summed E-state index contributed by atoms with van der Waals surface area (Å²) in [6.45, 7) is 6.69. The Hall–Kier alpha value is -4.32. The van der Waals surface area contributed by atoms with Crippen LogP contribution in [0.3, 0.4) is 0 Å². The topological polar surface area (TPSA) is 106 Å². The second-order valence-corrected chi connectivity index (χ2v) is 9.77. The quantitative estimate of drug-likeness (QED) is 0.226. The van der Waals surface area contributed by atoms with E-state index in [4.69, 9.17) is 9.47 Å². The number of nitrogens with one attached hydrogen (secondary N) is 2. The SMILES string of the molecule is COc1cc2c(Nc3ccn(CC(=O)Nc4cccc(F)c4F)n3)ncnc2cc1OCCCN(C)CC(C)C. The van der Waals surface area contributed by atoms with Gasteiger partial charge in [0.15, 0.2) is 29.0 Å². The van der Waals surface area contributed by atoms with E-state index >= 15 is 0 Å². The van der Waals surface area contributed by atoms with Crippen LogP contribution >= 0.6 is 0 Å².